The first-order valence-corrected chi connectivity index (χ1v) is 7.28. The van der Waals surface area contributed by atoms with Gasteiger partial charge in [-0.1, -0.05) is 49.7 Å². The molecular weight excluding hydrogens is 264 g/mol. The van der Waals surface area contributed by atoms with Gasteiger partial charge in [0.15, 0.2) is 5.69 Å². The van der Waals surface area contributed by atoms with Crippen molar-refractivity contribution in [1.82, 2.24) is 20.3 Å². The number of rotatable bonds is 5. The van der Waals surface area contributed by atoms with Crippen LogP contribution in [0.15, 0.2) is 34.9 Å². The Bertz CT molecular complexity index is 729. The van der Waals surface area contributed by atoms with Gasteiger partial charge < -0.3 is 4.52 Å². The van der Waals surface area contributed by atoms with Gasteiger partial charge in [-0.15, -0.1) is 0 Å². The highest BCUT2D eigenvalue weighted by atomic mass is 16.5. The van der Waals surface area contributed by atoms with Gasteiger partial charge in [0, 0.05) is 11.3 Å². The lowest BCUT2D eigenvalue weighted by atomic mass is 10.1. The molecule has 21 heavy (non-hydrogen) atoms. The molecule has 3 aromatic rings. The van der Waals surface area contributed by atoms with Crippen molar-refractivity contribution in [2.24, 2.45) is 0 Å². The van der Waals surface area contributed by atoms with E-state index in [4.69, 9.17) is 4.52 Å². The molecule has 1 aromatic carbocycles. The second-order valence-electron chi connectivity index (χ2n) is 4.96. The molecule has 0 amide bonds. The highest BCUT2D eigenvalue weighted by Crippen LogP contribution is 2.24. The smallest absolute Gasteiger partial charge is 0.278 e. The van der Waals surface area contributed by atoms with Crippen LogP contribution in [-0.4, -0.2) is 20.3 Å². The first-order chi connectivity index (χ1) is 10.3. The number of aromatic nitrogens is 4. The third-order valence-corrected chi connectivity index (χ3v) is 3.43. The van der Waals surface area contributed by atoms with E-state index in [1.807, 2.05) is 24.3 Å². The molecule has 5 nitrogen and oxygen atoms in total. The topological polar surface area (TPSA) is 67.6 Å². The van der Waals surface area contributed by atoms with E-state index < -0.39 is 0 Å². The molecule has 5 heteroatoms. The maximum atomic E-state index is 5.35. The number of nitrogens with one attached hydrogen (secondary N) is 1. The molecule has 1 N–H and O–H groups in total. The number of hydrogen-bond donors (Lipinski definition) is 1. The largest absolute Gasteiger partial charge is 0.332 e. The van der Waals surface area contributed by atoms with E-state index in [1.165, 1.54) is 5.56 Å². The van der Waals surface area contributed by atoms with Crippen molar-refractivity contribution in [1.29, 1.82) is 0 Å². The molecule has 0 unspecified atom stereocenters. The van der Waals surface area contributed by atoms with E-state index in [-0.39, 0.29) is 0 Å². The molecular formula is C16H18N4O. The summed E-state index contributed by atoms with van der Waals surface area (Å²) in [4.78, 5) is 4.47. The van der Waals surface area contributed by atoms with Gasteiger partial charge in [0.05, 0.1) is 0 Å². The molecule has 108 valence electrons. The lowest BCUT2D eigenvalue weighted by molar-refractivity contribution is 0.431. The third-order valence-electron chi connectivity index (χ3n) is 3.43. The minimum absolute atomic E-state index is 0.453. The maximum absolute atomic E-state index is 5.35. The van der Waals surface area contributed by atoms with Gasteiger partial charge in [0.2, 0.25) is 5.82 Å². The van der Waals surface area contributed by atoms with Gasteiger partial charge in [-0.25, -0.2) is 0 Å². The molecule has 0 spiro atoms. The Hall–Kier alpha value is -2.43. The highest BCUT2D eigenvalue weighted by Gasteiger charge is 2.15. The Morgan fingerprint density at radius 2 is 2.05 bits per heavy atom. The van der Waals surface area contributed by atoms with Crippen LogP contribution in [0, 0.1) is 0 Å². The fourth-order valence-electron chi connectivity index (χ4n) is 2.35. The van der Waals surface area contributed by atoms with Crippen molar-refractivity contribution >= 4 is 0 Å². The average Bonchev–Trinajstić information content (AvgIpc) is 3.16. The fraction of sp³-hybridized carbons (Fsp3) is 0.312. The van der Waals surface area contributed by atoms with Gasteiger partial charge in [0.1, 0.15) is 0 Å². The molecule has 0 radical (unpaired) electrons. The standard InChI is InChI=1S/C16H18N4O/c1-3-7-12-10-14(19-18-12)16-17-15(20-21-16)13-9-6-5-8-11(13)4-2/h5-6,8-10H,3-4,7H2,1-2H3,(H,18,19). The Morgan fingerprint density at radius 3 is 2.86 bits per heavy atom. The quantitative estimate of drug-likeness (QED) is 0.775. The highest BCUT2D eigenvalue weighted by molar-refractivity contribution is 5.61. The zero-order chi connectivity index (χ0) is 14.7. The van der Waals surface area contributed by atoms with Crippen molar-refractivity contribution in [3.63, 3.8) is 0 Å². The van der Waals surface area contributed by atoms with Gasteiger partial charge >= 0.3 is 0 Å². The molecule has 0 saturated carbocycles. The van der Waals surface area contributed by atoms with E-state index in [2.05, 4.69) is 40.3 Å². The summed E-state index contributed by atoms with van der Waals surface area (Å²) in [7, 11) is 0. The van der Waals surface area contributed by atoms with E-state index in [1.54, 1.807) is 0 Å². The Kier molecular flexibility index (Phi) is 3.81. The van der Waals surface area contributed by atoms with Crippen molar-refractivity contribution in [3.05, 3.63) is 41.6 Å². The Labute approximate surface area is 123 Å². The Balaban J connectivity index is 1.92. The molecule has 0 aliphatic heterocycles. The van der Waals surface area contributed by atoms with Crippen LogP contribution in [0.3, 0.4) is 0 Å². The van der Waals surface area contributed by atoms with Crippen LogP contribution in [0.4, 0.5) is 0 Å². The van der Waals surface area contributed by atoms with E-state index >= 15 is 0 Å². The number of benzene rings is 1. The first-order valence-electron chi connectivity index (χ1n) is 7.28. The van der Waals surface area contributed by atoms with Crippen LogP contribution < -0.4 is 0 Å². The Morgan fingerprint density at radius 1 is 1.19 bits per heavy atom. The van der Waals surface area contributed by atoms with E-state index in [0.29, 0.717) is 17.4 Å². The van der Waals surface area contributed by atoms with Crippen molar-refractivity contribution in [2.75, 3.05) is 0 Å². The number of hydrogen-bond acceptors (Lipinski definition) is 4. The average molecular weight is 282 g/mol. The number of aromatic amines is 1. The molecule has 3 rings (SSSR count). The van der Waals surface area contributed by atoms with Crippen LogP contribution >= 0.6 is 0 Å². The van der Waals surface area contributed by atoms with E-state index in [9.17, 15) is 0 Å². The van der Waals surface area contributed by atoms with E-state index in [0.717, 1.165) is 30.5 Å². The van der Waals surface area contributed by atoms with Crippen molar-refractivity contribution in [3.8, 4) is 23.0 Å². The van der Waals surface area contributed by atoms with Crippen LogP contribution in [0.2, 0.25) is 0 Å². The van der Waals surface area contributed by atoms with Crippen molar-refractivity contribution < 1.29 is 4.52 Å². The van der Waals surface area contributed by atoms with Crippen molar-refractivity contribution in [2.45, 2.75) is 33.1 Å². The summed E-state index contributed by atoms with van der Waals surface area (Å²) >= 11 is 0. The van der Waals surface area contributed by atoms with Crippen LogP contribution in [0.1, 0.15) is 31.5 Å². The third kappa shape index (κ3) is 2.72. The molecule has 0 aliphatic rings. The second-order valence-corrected chi connectivity index (χ2v) is 4.96. The monoisotopic (exact) mass is 282 g/mol. The number of nitrogens with zero attached hydrogens (tertiary/aromatic N) is 3. The summed E-state index contributed by atoms with van der Waals surface area (Å²) in [6.07, 6.45) is 2.97. The zero-order valence-corrected chi connectivity index (χ0v) is 12.3. The summed E-state index contributed by atoms with van der Waals surface area (Å²) in [5.41, 5.74) is 4.00. The SMILES string of the molecule is CCCc1cc(-c2nc(-c3ccccc3CC)no2)n[nH]1. The number of H-pyrrole nitrogens is 1. The van der Waals surface area contributed by atoms with Gasteiger partial charge in [-0.05, 0) is 24.5 Å². The summed E-state index contributed by atoms with van der Waals surface area (Å²) in [6, 6.07) is 10.1. The lowest BCUT2D eigenvalue weighted by Crippen LogP contribution is -1.88. The molecule has 0 aliphatic carbocycles. The normalized spacial score (nSPS) is 11.0. The summed E-state index contributed by atoms with van der Waals surface area (Å²) in [5.74, 6) is 1.07. The van der Waals surface area contributed by atoms with Crippen LogP contribution in [-0.2, 0) is 12.8 Å². The lowest BCUT2D eigenvalue weighted by Gasteiger charge is -2.01. The first kappa shape index (κ1) is 13.5. The minimum atomic E-state index is 0.453. The fourth-order valence-corrected chi connectivity index (χ4v) is 2.35. The molecule has 0 fully saturated rings. The van der Waals surface area contributed by atoms with Crippen LogP contribution in [0.5, 0.6) is 0 Å². The van der Waals surface area contributed by atoms with Gasteiger partial charge in [-0.2, -0.15) is 10.1 Å². The van der Waals surface area contributed by atoms with Gasteiger partial charge in [0.25, 0.3) is 5.89 Å². The zero-order valence-electron chi connectivity index (χ0n) is 12.3. The van der Waals surface area contributed by atoms with Crippen LogP contribution in [0.25, 0.3) is 23.0 Å². The summed E-state index contributed by atoms with van der Waals surface area (Å²) in [6.45, 7) is 4.25. The maximum Gasteiger partial charge on any atom is 0.278 e. The second kappa shape index (κ2) is 5.91. The molecule has 0 bridgehead atoms. The van der Waals surface area contributed by atoms with Gasteiger partial charge in [-0.3, -0.25) is 5.10 Å². The molecule has 0 atom stereocenters. The molecule has 2 heterocycles. The molecule has 2 aromatic heterocycles. The predicted molar refractivity (Wildman–Crippen MR) is 80.7 cm³/mol. The summed E-state index contributed by atoms with van der Waals surface area (Å²) < 4.78 is 5.35. The predicted octanol–water partition coefficient (Wildman–Crippen LogP) is 3.64. The minimum Gasteiger partial charge on any atom is -0.332 e. The number of aryl methyl sites for hydroxylation is 2. The molecule has 0 saturated heterocycles. The summed E-state index contributed by atoms with van der Waals surface area (Å²) in [5, 5.41) is 11.3.